The van der Waals surface area contributed by atoms with Gasteiger partial charge in [-0.05, 0) is 53.8 Å². The monoisotopic (exact) mass is 421 g/mol. The highest BCUT2D eigenvalue weighted by atomic mass is 16.5. The summed E-state index contributed by atoms with van der Waals surface area (Å²) < 4.78 is 11.4. The number of carbonyl (C=O) groups is 1. The molecule has 1 aromatic heterocycles. The number of benzene rings is 2. The third-order valence-electron chi connectivity index (χ3n) is 5.05. The van der Waals surface area contributed by atoms with Gasteiger partial charge in [-0.15, -0.1) is 10.2 Å². The minimum absolute atomic E-state index is 0.0848. The average molecular weight is 422 g/mol. The van der Waals surface area contributed by atoms with E-state index in [1.165, 1.54) is 5.56 Å². The van der Waals surface area contributed by atoms with Gasteiger partial charge in [-0.3, -0.25) is 4.79 Å². The van der Waals surface area contributed by atoms with Crippen LogP contribution < -0.4 is 4.74 Å². The first-order valence-electron chi connectivity index (χ1n) is 10.7. The number of hydrogen-bond acceptors (Lipinski definition) is 5. The number of ether oxygens (including phenoxy) is 1. The highest BCUT2D eigenvalue weighted by Gasteiger charge is 2.17. The van der Waals surface area contributed by atoms with Crippen molar-refractivity contribution in [3.63, 3.8) is 0 Å². The molecule has 0 saturated heterocycles. The SMILES string of the molecule is CCCCOc1ccc(C(=O)N(C)Cc2nnc(-c3ccc(C(C)(C)C)cc3)o2)cc1. The first-order chi connectivity index (χ1) is 14.8. The first kappa shape index (κ1) is 22.5. The van der Waals surface area contributed by atoms with E-state index in [0.717, 1.165) is 24.2 Å². The summed E-state index contributed by atoms with van der Waals surface area (Å²) in [5.41, 5.74) is 2.77. The van der Waals surface area contributed by atoms with Gasteiger partial charge >= 0.3 is 0 Å². The lowest BCUT2D eigenvalue weighted by molar-refractivity contribution is 0.0773. The van der Waals surface area contributed by atoms with E-state index >= 15 is 0 Å². The largest absolute Gasteiger partial charge is 0.494 e. The predicted molar refractivity (Wildman–Crippen MR) is 121 cm³/mol. The lowest BCUT2D eigenvalue weighted by Crippen LogP contribution is -2.26. The zero-order valence-electron chi connectivity index (χ0n) is 19.0. The van der Waals surface area contributed by atoms with Crippen LogP contribution in [0.2, 0.25) is 0 Å². The number of unbranched alkanes of at least 4 members (excludes halogenated alkanes) is 1. The standard InChI is InChI=1S/C25H31N3O3/c1-6-7-16-30-21-14-10-19(11-15-21)24(29)28(5)17-22-26-27-23(31-22)18-8-12-20(13-9-18)25(2,3)4/h8-15H,6-7,16-17H2,1-5H3. The van der Waals surface area contributed by atoms with Crippen LogP contribution in [0.4, 0.5) is 0 Å². The summed E-state index contributed by atoms with van der Waals surface area (Å²) in [6, 6.07) is 15.3. The number of rotatable bonds is 8. The van der Waals surface area contributed by atoms with Crippen LogP contribution in [0.1, 0.15) is 62.3 Å². The molecule has 6 nitrogen and oxygen atoms in total. The first-order valence-corrected chi connectivity index (χ1v) is 10.7. The van der Waals surface area contributed by atoms with Gasteiger partial charge < -0.3 is 14.1 Å². The van der Waals surface area contributed by atoms with Crippen molar-refractivity contribution in [3.05, 3.63) is 65.5 Å². The fraction of sp³-hybridized carbons (Fsp3) is 0.400. The van der Waals surface area contributed by atoms with Crippen molar-refractivity contribution >= 4 is 5.91 Å². The third-order valence-corrected chi connectivity index (χ3v) is 5.05. The Hall–Kier alpha value is -3.15. The molecular formula is C25H31N3O3. The van der Waals surface area contributed by atoms with Crippen molar-refractivity contribution < 1.29 is 13.9 Å². The minimum atomic E-state index is -0.116. The van der Waals surface area contributed by atoms with Crippen molar-refractivity contribution in [2.24, 2.45) is 0 Å². The van der Waals surface area contributed by atoms with E-state index in [0.29, 0.717) is 24.0 Å². The fourth-order valence-electron chi connectivity index (χ4n) is 3.07. The van der Waals surface area contributed by atoms with Crippen LogP contribution in [0.25, 0.3) is 11.5 Å². The van der Waals surface area contributed by atoms with E-state index < -0.39 is 0 Å². The molecule has 0 aliphatic carbocycles. The number of nitrogens with zero attached hydrogens (tertiary/aromatic N) is 3. The summed E-state index contributed by atoms with van der Waals surface area (Å²) in [6.45, 7) is 9.56. The molecule has 0 atom stereocenters. The molecule has 0 unspecified atom stereocenters. The highest BCUT2D eigenvalue weighted by molar-refractivity contribution is 5.94. The zero-order chi connectivity index (χ0) is 22.4. The summed E-state index contributed by atoms with van der Waals surface area (Å²) >= 11 is 0. The maximum absolute atomic E-state index is 12.7. The van der Waals surface area contributed by atoms with Crippen molar-refractivity contribution in [1.29, 1.82) is 0 Å². The van der Waals surface area contributed by atoms with Crippen molar-refractivity contribution in [1.82, 2.24) is 15.1 Å². The maximum Gasteiger partial charge on any atom is 0.254 e. The lowest BCUT2D eigenvalue weighted by atomic mass is 9.87. The average Bonchev–Trinajstić information content (AvgIpc) is 3.22. The molecule has 0 aliphatic rings. The molecule has 0 saturated carbocycles. The van der Waals surface area contributed by atoms with Crippen LogP contribution >= 0.6 is 0 Å². The van der Waals surface area contributed by atoms with Gasteiger partial charge in [0.1, 0.15) is 5.75 Å². The van der Waals surface area contributed by atoms with E-state index in [1.807, 2.05) is 24.3 Å². The molecule has 3 aromatic rings. The minimum Gasteiger partial charge on any atom is -0.494 e. The number of aromatic nitrogens is 2. The zero-order valence-corrected chi connectivity index (χ0v) is 19.0. The molecule has 0 radical (unpaired) electrons. The molecule has 1 amide bonds. The van der Waals surface area contributed by atoms with E-state index in [1.54, 1.807) is 24.1 Å². The van der Waals surface area contributed by atoms with Gasteiger partial charge in [-0.25, -0.2) is 0 Å². The van der Waals surface area contributed by atoms with Crippen LogP contribution in [0, 0.1) is 0 Å². The molecule has 0 aliphatic heterocycles. The Balaban J connectivity index is 1.61. The maximum atomic E-state index is 12.7. The van der Waals surface area contributed by atoms with Gasteiger partial charge in [0.15, 0.2) is 0 Å². The topological polar surface area (TPSA) is 68.5 Å². The Labute approximate surface area is 184 Å². The summed E-state index contributed by atoms with van der Waals surface area (Å²) in [5.74, 6) is 1.50. The molecule has 2 aromatic carbocycles. The van der Waals surface area contributed by atoms with Gasteiger partial charge in [0.05, 0.1) is 13.2 Å². The molecule has 6 heteroatoms. The molecule has 0 bridgehead atoms. The van der Waals surface area contributed by atoms with Crippen LogP contribution in [-0.2, 0) is 12.0 Å². The van der Waals surface area contributed by atoms with Crippen molar-refractivity contribution in [2.75, 3.05) is 13.7 Å². The van der Waals surface area contributed by atoms with Crippen LogP contribution in [-0.4, -0.2) is 34.7 Å². The van der Waals surface area contributed by atoms with Crippen LogP contribution in [0.15, 0.2) is 52.9 Å². The van der Waals surface area contributed by atoms with E-state index in [-0.39, 0.29) is 17.9 Å². The summed E-state index contributed by atoms with van der Waals surface area (Å²) in [5, 5.41) is 8.24. The Morgan fingerprint density at radius 1 is 1.03 bits per heavy atom. The Morgan fingerprint density at radius 3 is 2.32 bits per heavy atom. The fourth-order valence-corrected chi connectivity index (χ4v) is 3.07. The van der Waals surface area contributed by atoms with Crippen molar-refractivity contribution in [3.8, 4) is 17.2 Å². The summed E-state index contributed by atoms with van der Waals surface area (Å²) in [7, 11) is 1.72. The van der Waals surface area contributed by atoms with E-state index in [4.69, 9.17) is 9.15 Å². The highest BCUT2D eigenvalue weighted by Crippen LogP contribution is 2.25. The van der Waals surface area contributed by atoms with Gasteiger partial charge in [-0.1, -0.05) is 46.2 Å². The Kier molecular flexibility index (Phi) is 7.10. The Bertz CT molecular complexity index is 986. The van der Waals surface area contributed by atoms with Crippen LogP contribution in [0.3, 0.4) is 0 Å². The molecule has 1 heterocycles. The smallest absolute Gasteiger partial charge is 0.254 e. The van der Waals surface area contributed by atoms with E-state index in [9.17, 15) is 4.79 Å². The molecule has 31 heavy (non-hydrogen) atoms. The lowest BCUT2D eigenvalue weighted by Gasteiger charge is -2.18. The van der Waals surface area contributed by atoms with Crippen molar-refractivity contribution in [2.45, 2.75) is 52.5 Å². The summed E-state index contributed by atoms with van der Waals surface area (Å²) in [6.07, 6.45) is 2.09. The molecule has 0 N–H and O–H groups in total. The van der Waals surface area contributed by atoms with Gasteiger partial charge in [0.25, 0.3) is 5.91 Å². The second-order valence-corrected chi connectivity index (χ2v) is 8.72. The van der Waals surface area contributed by atoms with E-state index in [2.05, 4.69) is 50.0 Å². The quantitative estimate of drug-likeness (QED) is 0.450. The normalized spacial score (nSPS) is 11.4. The molecule has 0 spiro atoms. The third kappa shape index (κ3) is 5.94. The van der Waals surface area contributed by atoms with Gasteiger partial charge in [0, 0.05) is 18.2 Å². The Morgan fingerprint density at radius 2 is 1.71 bits per heavy atom. The molecule has 164 valence electrons. The predicted octanol–water partition coefficient (Wildman–Crippen LogP) is 5.49. The molecule has 0 fully saturated rings. The summed E-state index contributed by atoms with van der Waals surface area (Å²) in [4.78, 5) is 14.3. The number of amides is 1. The van der Waals surface area contributed by atoms with Gasteiger partial charge in [-0.2, -0.15) is 0 Å². The second kappa shape index (κ2) is 9.77. The van der Waals surface area contributed by atoms with Gasteiger partial charge in [0.2, 0.25) is 11.8 Å². The molecule has 3 rings (SSSR count). The molecular weight excluding hydrogens is 390 g/mol. The second-order valence-electron chi connectivity index (χ2n) is 8.72. The van der Waals surface area contributed by atoms with Crippen LogP contribution in [0.5, 0.6) is 5.75 Å². The number of carbonyl (C=O) groups excluding carboxylic acids is 1. The number of hydrogen-bond donors (Lipinski definition) is 0.